The summed E-state index contributed by atoms with van der Waals surface area (Å²) in [6, 6.07) is -0.160. The number of ether oxygens (including phenoxy) is 1. The number of nitrogens with zero attached hydrogens (tertiary/aromatic N) is 1. The highest BCUT2D eigenvalue weighted by atomic mass is 16.5. The Morgan fingerprint density at radius 3 is 2.65 bits per heavy atom. The highest BCUT2D eigenvalue weighted by Crippen LogP contribution is 2.30. The summed E-state index contributed by atoms with van der Waals surface area (Å²) in [6.45, 7) is 8.48. The number of aliphatic carboxylic acids is 1. The number of piperidine rings is 1. The maximum absolute atomic E-state index is 12.4. The highest BCUT2D eigenvalue weighted by Gasteiger charge is 2.35. The molecule has 2 N–H and O–H groups in total. The smallest absolute Gasteiger partial charge is 0.317 e. The van der Waals surface area contributed by atoms with Gasteiger partial charge in [-0.3, -0.25) is 4.79 Å². The molecule has 132 valence electrons. The molecule has 0 aromatic rings. The Balaban J connectivity index is 1.86. The van der Waals surface area contributed by atoms with E-state index in [9.17, 15) is 14.7 Å². The average Bonchev–Trinajstić information content (AvgIpc) is 2.53. The van der Waals surface area contributed by atoms with Crippen LogP contribution in [0, 0.1) is 17.3 Å². The van der Waals surface area contributed by atoms with Gasteiger partial charge in [0.15, 0.2) is 0 Å². The first-order valence-corrected chi connectivity index (χ1v) is 8.67. The first kappa shape index (κ1) is 18.0. The molecule has 6 nitrogen and oxygen atoms in total. The minimum Gasteiger partial charge on any atom is -0.481 e. The monoisotopic (exact) mass is 326 g/mol. The molecule has 0 saturated carbocycles. The number of rotatable bonds is 4. The highest BCUT2D eigenvalue weighted by molar-refractivity contribution is 5.76. The molecule has 2 amide bonds. The van der Waals surface area contributed by atoms with E-state index in [0.29, 0.717) is 26.1 Å². The van der Waals surface area contributed by atoms with Crippen molar-refractivity contribution in [2.24, 2.45) is 17.3 Å². The number of likely N-dealkylation sites (tertiary alicyclic amines) is 1. The van der Waals surface area contributed by atoms with Crippen LogP contribution in [0.2, 0.25) is 0 Å². The van der Waals surface area contributed by atoms with Gasteiger partial charge in [-0.05, 0) is 31.6 Å². The number of nitrogens with one attached hydrogen (secondary N) is 1. The second-order valence-electron chi connectivity index (χ2n) is 7.78. The van der Waals surface area contributed by atoms with Crippen LogP contribution < -0.4 is 5.32 Å². The van der Waals surface area contributed by atoms with Gasteiger partial charge < -0.3 is 20.1 Å². The first-order chi connectivity index (χ1) is 10.8. The second-order valence-corrected chi connectivity index (χ2v) is 7.78. The van der Waals surface area contributed by atoms with E-state index >= 15 is 0 Å². The van der Waals surface area contributed by atoms with Gasteiger partial charge in [-0.15, -0.1) is 0 Å². The van der Waals surface area contributed by atoms with Gasteiger partial charge in [-0.25, -0.2) is 4.79 Å². The molecule has 2 saturated heterocycles. The molecule has 2 aliphatic heterocycles. The minimum atomic E-state index is -0.815. The zero-order chi connectivity index (χ0) is 17.0. The molecule has 2 fully saturated rings. The molecular formula is C17H30N2O4. The van der Waals surface area contributed by atoms with Crippen molar-refractivity contribution in [1.82, 2.24) is 10.2 Å². The third-order valence-electron chi connectivity index (χ3n) is 5.04. The van der Waals surface area contributed by atoms with Crippen LogP contribution in [0.15, 0.2) is 0 Å². The number of urea groups is 1. The zero-order valence-electron chi connectivity index (χ0n) is 14.5. The molecule has 23 heavy (non-hydrogen) atoms. The van der Waals surface area contributed by atoms with Gasteiger partial charge >= 0.3 is 12.0 Å². The fraction of sp³-hybridized carbons (Fsp3) is 0.882. The molecule has 0 bridgehead atoms. The van der Waals surface area contributed by atoms with Gasteiger partial charge in [0, 0.05) is 31.7 Å². The summed E-state index contributed by atoms with van der Waals surface area (Å²) in [5, 5.41) is 12.2. The predicted molar refractivity (Wildman–Crippen MR) is 87.3 cm³/mol. The molecule has 0 aromatic carbocycles. The van der Waals surface area contributed by atoms with E-state index in [1.54, 1.807) is 4.90 Å². The quantitative estimate of drug-likeness (QED) is 0.831. The van der Waals surface area contributed by atoms with Crippen LogP contribution in [-0.4, -0.2) is 54.4 Å². The largest absolute Gasteiger partial charge is 0.481 e. The van der Waals surface area contributed by atoms with Crippen molar-refractivity contribution < 1.29 is 19.4 Å². The summed E-state index contributed by atoms with van der Waals surface area (Å²) >= 11 is 0. The number of hydrogen-bond donors (Lipinski definition) is 2. The lowest BCUT2D eigenvalue weighted by molar-refractivity contribution is -0.143. The van der Waals surface area contributed by atoms with Gasteiger partial charge in [-0.1, -0.05) is 20.8 Å². The Kier molecular flexibility index (Phi) is 5.89. The summed E-state index contributed by atoms with van der Waals surface area (Å²) in [4.78, 5) is 25.3. The first-order valence-electron chi connectivity index (χ1n) is 8.67. The lowest BCUT2D eigenvalue weighted by Gasteiger charge is -2.38. The van der Waals surface area contributed by atoms with Crippen LogP contribution in [0.5, 0.6) is 0 Å². The number of carbonyl (C=O) groups excluding carboxylic acids is 1. The summed E-state index contributed by atoms with van der Waals surface area (Å²) in [7, 11) is 0. The molecule has 3 atom stereocenters. The number of hydrogen-bond acceptors (Lipinski definition) is 3. The maximum atomic E-state index is 12.4. The lowest BCUT2D eigenvalue weighted by Crippen LogP contribution is -2.52. The Bertz CT molecular complexity index is 432. The van der Waals surface area contributed by atoms with Gasteiger partial charge in [0.2, 0.25) is 0 Å². The molecule has 2 aliphatic rings. The maximum Gasteiger partial charge on any atom is 0.317 e. The molecule has 0 aromatic heterocycles. The van der Waals surface area contributed by atoms with Gasteiger partial charge in [0.25, 0.3) is 0 Å². The van der Waals surface area contributed by atoms with Crippen LogP contribution in [0.25, 0.3) is 0 Å². The van der Waals surface area contributed by atoms with Crippen molar-refractivity contribution in [2.45, 2.75) is 52.6 Å². The third-order valence-corrected chi connectivity index (χ3v) is 5.04. The number of carbonyl (C=O) groups is 2. The minimum absolute atomic E-state index is 0.121. The van der Waals surface area contributed by atoms with Crippen LogP contribution in [0.4, 0.5) is 4.79 Å². The zero-order valence-corrected chi connectivity index (χ0v) is 14.5. The van der Waals surface area contributed by atoms with Crippen molar-refractivity contribution in [1.29, 1.82) is 0 Å². The predicted octanol–water partition coefficient (Wildman–Crippen LogP) is 2.33. The Hall–Kier alpha value is -1.30. The fourth-order valence-corrected chi connectivity index (χ4v) is 3.58. The molecular weight excluding hydrogens is 296 g/mol. The van der Waals surface area contributed by atoms with Crippen molar-refractivity contribution in [3.8, 4) is 0 Å². The summed E-state index contributed by atoms with van der Waals surface area (Å²) in [5.74, 6) is -1.06. The lowest BCUT2D eigenvalue weighted by atomic mass is 9.82. The normalized spacial score (nSPS) is 29.2. The van der Waals surface area contributed by atoms with Gasteiger partial charge in [0.05, 0.1) is 12.0 Å². The van der Waals surface area contributed by atoms with Crippen molar-refractivity contribution >= 4 is 12.0 Å². The topological polar surface area (TPSA) is 78.9 Å². The summed E-state index contributed by atoms with van der Waals surface area (Å²) in [5.41, 5.74) is -0.121. The van der Waals surface area contributed by atoms with E-state index in [1.807, 2.05) is 6.92 Å². The molecule has 2 heterocycles. The molecule has 6 heteroatoms. The van der Waals surface area contributed by atoms with Crippen LogP contribution in [0.1, 0.15) is 46.5 Å². The summed E-state index contributed by atoms with van der Waals surface area (Å²) in [6.07, 6.45) is 4.13. The van der Waals surface area contributed by atoms with E-state index in [4.69, 9.17) is 4.74 Å². The van der Waals surface area contributed by atoms with Crippen LogP contribution in [-0.2, 0) is 9.53 Å². The Morgan fingerprint density at radius 1 is 1.30 bits per heavy atom. The summed E-state index contributed by atoms with van der Waals surface area (Å²) < 4.78 is 5.84. The third kappa shape index (κ3) is 4.83. The molecule has 0 radical (unpaired) electrons. The van der Waals surface area contributed by atoms with E-state index in [1.165, 1.54) is 6.42 Å². The van der Waals surface area contributed by atoms with Gasteiger partial charge in [-0.2, -0.15) is 0 Å². The number of amides is 2. The van der Waals surface area contributed by atoms with Crippen LogP contribution >= 0.6 is 0 Å². The fourth-order valence-electron chi connectivity index (χ4n) is 3.58. The van der Waals surface area contributed by atoms with Crippen molar-refractivity contribution in [3.63, 3.8) is 0 Å². The molecule has 0 spiro atoms. The van der Waals surface area contributed by atoms with E-state index in [0.717, 1.165) is 19.4 Å². The number of carboxylic acid groups (broad SMARTS) is 1. The van der Waals surface area contributed by atoms with E-state index in [-0.39, 0.29) is 23.5 Å². The van der Waals surface area contributed by atoms with Crippen molar-refractivity contribution in [3.05, 3.63) is 0 Å². The average molecular weight is 326 g/mol. The second kappa shape index (κ2) is 7.51. The van der Waals surface area contributed by atoms with Crippen molar-refractivity contribution in [2.75, 3.05) is 26.2 Å². The Labute approximate surface area is 138 Å². The molecule has 3 unspecified atom stereocenters. The SMILES string of the molecule is CC1CC(C(=O)O)CN(C(=O)NCC(C)(C)C2CCCCO2)C1. The van der Waals surface area contributed by atoms with E-state index < -0.39 is 11.9 Å². The molecule has 2 rings (SSSR count). The van der Waals surface area contributed by atoms with Crippen LogP contribution in [0.3, 0.4) is 0 Å². The number of carboxylic acids is 1. The Morgan fingerprint density at radius 2 is 2.04 bits per heavy atom. The standard InChI is InChI=1S/C17H30N2O4/c1-12-8-13(15(20)21)10-19(9-12)16(22)18-11-17(2,3)14-6-4-5-7-23-14/h12-14H,4-11H2,1-3H3,(H,18,22)(H,20,21). The molecule has 0 aliphatic carbocycles. The van der Waals surface area contributed by atoms with Gasteiger partial charge in [0.1, 0.15) is 0 Å². The van der Waals surface area contributed by atoms with E-state index in [2.05, 4.69) is 19.2 Å².